The van der Waals surface area contributed by atoms with Crippen molar-refractivity contribution >= 4 is 25.5 Å². The number of phosphoric ester groups is 1. The summed E-state index contributed by atoms with van der Waals surface area (Å²) in [5.41, 5.74) is 0. The number of rotatable bonds is 37. The topological polar surface area (TPSA) is 206 Å². The van der Waals surface area contributed by atoms with Gasteiger partial charge in [-0.25, -0.2) is 4.57 Å². The quantitative estimate of drug-likeness (QED) is 0.0132. The number of phosphoric acid groups is 1. The summed E-state index contributed by atoms with van der Waals surface area (Å²) in [6.45, 7) is 1.96. The summed E-state index contributed by atoms with van der Waals surface area (Å²) in [5, 5.41) is 39.1. The van der Waals surface area contributed by atoms with E-state index in [1.807, 2.05) is 0 Å². The summed E-state index contributed by atoms with van der Waals surface area (Å²) in [7, 11) is -4.68. The van der Waals surface area contributed by atoms with Crippen molar-refractivity contribution in [3.8, 4) is 0 Å². The zero-order chi connectivity index (χ0) is 42.9. The maximum absolute atomic E-state index is 12.6. The standard InChI is InChI=1S/C44H77O13P/c1-3-5-7-8-9-10-11-12-13-14-15-16-17-18-24-28-44(51)57-38(35-56-58(52,53)55-33-37(47)32-45)34-54-43(50)27-23-20-19-22-26-39-40(42(49)31-41(39)48)30-29-36(46)25-21-6-4-2/h10-13,29-30,36-41,45-48H,3-9,14-28,31-35H2,1-2H3,(H,52,53)/b11-10-,13-12-,30-29+/t36-,37-,38+,39+,40+,41-/m0/s1. The van der Waals surface area contributed by atoms with Gasteiger partial charge in [0.05, 0.1) is 32.0 Å². The number of allylic oxidation sites excluding steroid dienone is 5. The third-order valence-corrected chi connectivity index (χ3v) is 11.2. The first kappa shape index (κ1) is 53.8. The molecule has 1 unspecified atom stereocenters. The molecule has 7 atom stereocenters. The summed E-state index contributed by atoms with van der Waals surface area (Å²) >= 11 is 0. The first-order valence-corrected chi connectivity index (χ1v) is 23.6. The van der Waals surface area contributed by atoms with Crippen LogP contribution >= 0.6 is 7.82 Å². The first-order valence-electron chi connectivity index (χ1n) is 22.1. The average molecular weight is 845 g/mol. The van der Waals surface area contributed by atoms with Crippen LogP contribution in [0.4, 0.5) is 0 Å². The molecular formula is C44H77O13P. The molecule has 58 heavy (non-hydrogen) atoms. The highest BCUT2D eigenvalue weighted by molar-refractivity contribution is 7.47. The molecule has 0 saturated heterocycles. The zero-order valence-corrected chi connectivity index (χ0v) is 36.4. The van der Waals surface area contributed by atoms with E-state index >= 15 is 0 Å². The van der Waals surface area contributed by atoms with E-state index in [1.54, 1.807) is 12.2 Å². The van der Waals surface area contributed by atoms with Crippen LogP contribution in [0.3, 0.4) is 0 Å². The van der Waals surface area contributed by atoms with E-state index in [0.29, 0.717) is 32.1 Å². The van der Waals surface area contributed by atoms with Crippen LogP contribution < -0.4 is 0 Å². The normalized spacial score (nSPS) is 19.9. The lowest BCUT2D eigenvalue weighted by molar-refractivity contribution is -0.161. The predicted octanol–water partition coefficient (Wildman–Crippen LogP) is 8.15. The van der Waals surface area contributed by atoms with Crippen molar-refractivity contribution < 1.29 is 62.8 Å². The Morgan fingerprint density at radius 3 is 2.00 bits per heavy atom. The van der Waals surface area contributed by atoms with Crippen LogP contribution in [0.1, 0.15) is 162 Å². The van der Waals surface area contributed by atoms with Crippen molar-refractivity contribution in [3.63, 3.8) is 0 Å². The Kier molecular flexibility index (Phi) is 32.0. The molecule has 1 fully saturated rings. The summed E-state index contributed by atoms with van der Waals surface area (Å²) in [6, 6.07) is 0. The van der Waals surface area contributed by atoms with E-state index in [4.69, 9.17) is 19.1 Å². The number of Topliss-reactive ketones (excluding diaryl/α,β-unsaturated/α-hetero) is 1. The molecule has 5 N–H and O–H groups in total. The Bertz CT molecular complexity index is 1220. The number of ether oxygens (including phenoxy) is 2. The van der Waals surface area contributed by atoms with Gasteiger partial charge in [0.25, 0.3) is 0 Å². The Labute approximate surface area is 348 Å². The van der Waals surface area contributed by atoms with Gasteiger partial charge in [0, 0.05) is 25.2 Å². The van der Waals surface area contributed by atoms with Crippen LogP contribution in [0.5, 0.6) is 0 Å². The number of carbonyl (C=O) groups is 3. The Balaban J connectivity index is 2.45. The molecule has 1 saturated carbocycles. The van der Waals surface area contributed by atoms with Crippen LogP contribution in [0.2, 0.25) is 0 Å². The van der Waals surface area contributed by atoms with Crippen LogP contribution in [0.15, 0.2) is 36.5 Å². The predicted molar refractivity (Wildman–Crippen MR) is 225 cm³/mol. The number of unbranched alkanes of at least 4 members (excludes halogenated alkanes) is 14. The molecule has 0 aromatic rings. The van der Waals surface area contributed by atoms with Crippen molar-refractivity contribution in [2.24, 2.45) is 11.8 Å². The molecule has 1 rings (SSSR count). The SMILES string of the molecule is CCCCCC/C=C\C=C/CCCCCCCC(=O)O[C@H](COC(=O)CCCCCC[C@H]1[C@@H](O)CC(=O)[C@@H]1/C=C/[C@@H](O)CCCCC)COP(=O)(O)OC[C@@H](O)CO. The number of esters is 2. The van der Waals surface area contributed by atoms with Crippen molar-refractivity contribution in [1.29, 1.82) is 0 Å². The Morgan fingerprint density at radius 2 is 1.34 bits per heavy atom. The fraction of sp³-hybridized carbons (Fsp3) is 0.795. The van der Waals surface area contributed by atoms with Crippen molar-refractivity contribution in [1.82, 2.24) is 0 Å². The van der Waals surface area contributed by atoms with Crippen LogP contribution in [-0.2, 0) is 37.5 Å². The lowest BCUT2D eigenvalue weighted by atomic mass is 9.88. The molecule has 0 radical (unpaired) electrons. The highest BCUT2D eigenvalue weighted by atomic mass is 31.2. The second-order valence-corrected chi connectivity index (χ2v) is 17.0. The number of ketones is 1. The third-order valence-electron chi connectivity index (χ3n) is 10.2. The van der Waals surface area contributed by atoms with E-state index in [2.05, 4.69) is 42.7 Å². The lowest BCUT2D eigenvalue weighted by Gasteiger charge is -2.20. The summed E-state index contributed by atoms with van der Waals surface area (Å²) in [4.78, 5) is 47.7. The molecule has 0 amide bonds. The minimum Gasteiger partial charge on any atom is -0.462 e. The third kappa shape index (κ3) is 28.3. The molecule has 0 aromatic heterocycles. The Morgan fingerprint density at radius 1 is 0.776 bits per heavy atom. The van der Waals surface area contributed by atoms with Crippen LogP contribution in [0, 0.1) is 11.8 Å². The van der Waals surface area contributed by atoms with Gasteiger partial charge in [-0.05, 0) is 57.3 Å². The smallest absolute Gasteiger partial charge is 0.462 e. The summed E-state index contributed by atoms with van der Waals surface area (Å²) in [6.07, 6.45) is 27.3. The number of aliphatic hydroxyl groups is 4. The molecule has 0 heterocycles. The molecular weight excluding hydrogens is 767 g/mol. The van der Waals surface area contributed by atoms with Gasteiger partial charge in [-0.3, -0.25) is 23.4 Å². The van der Waals surface area contributed by atoms with E-state index in [9.17, 15) is 39.2 Å². The largest absolute Gasteiger partial charge is 0.472 e. The summed E-state index contributed by atoms with van der Waals surface area (Å²) < 4.78 is 32.7. The van der Waals surface area contributed by atoms with Gasteiger partial charge in [-0.1, -0.05) is 127 Å². The average Bonchev–Trinajstić information content (AvgIpc) is 3.47. The molecule has 0 aromatic carbocycles. The van der Waals surface area contributed by atoms with Gasteiger partial charge >= 0.3 is 19.8 Å². The molecule has 0 aliphatic heterocycles. The van der Waals surface area contributed by atoms with E-state index in [-0.39, 0.29) is 31.0 Å². The van der Waals surface area contributed by atoms with E-state index in [1.165, 1.54) is 25.7 Å². The second kappa shape index (κ2) is 34.5. The highest BCUT2D eigenvalue weighted by Gasteiger charge is 2.39. The number of carbonyl (C=O) groups excluding carboxylic acids is 3. The molecule has 0 bridgehead atoms. The number of hydrogen-bond donors (Lipinski definition) is 5. The van der Waals surface area contributed by atoms with Gasteiger partial charge in [0.15, 0.2) is 6.10 Å². The van der Waals surface area contributed by atoms with Gasteiger partial charge < -0.3 is 34.8 Å². The maximum atomic E-state index is 12.6. The van der Waals surface area contributed by atoms with Crippen molar-refractivity contribution in [3.05, 3.63) is 36.5 Å². The second-order valence-electron chi connectivity index (χ2n) is 15.5. The summed E-state index contributed by atoms with van der Waals surface area (Å²) in [5.74, 6) is -1.72. The van der Waals surface area contributed by atoms with Crippen molar-refractivity contribution in [2.45, 2.75) is 186 Å². The van der Waals surface area contributed by atoms with Crippen LogP contribution in [0.25, 0.3) is 0 Å². The first-order chi connectivity index (χ1) is 27.9. The van der Waals surface area contributed by atoms with Crippen LogP contribution in [-0.4, -0.2) is 93.9 Å². The van der Waals surface area contributed by atoms with Gasteiger partial charge in [0.2, 0.25) is 0 Å². The number of aliphatic hydroxyl groups excluding tert-OH is 4. The Hall–Kier alpha value is -2.22. The fourth-order valence-electron chi connectivity index (χ4n) is 6.71. The van der Waals surface area contributed by atoms with Gasteiger partial charge in [0.1, 0.15) is 18.5 Å². The minimum atomic E-state index is -4.68. The molecule has 1 aliphatic carbocycles. The highest BCUT2D eigenvalue weighted by Crippen LogP contribution is 2.43. The molecule has 13 nitrogen and oxygen atoms in total. The fourth-order valence-corrected chi connectivity index (χ4v) is 7.50. The molecule has 336 valence electrons. The van der Waals surface area contributed by atoms with E-state index < -0.39 is 76.5 Å². The van der Waals surface area contributed by atoms with E-state index in [0.717, 1.165) is 70.6 Å². The number of hydrogen-bond acceptors (Lipinski definition) is 12. The zero-order valence-electron chi connectivity index (χ0n) is 35.5. The molecule has 1 aliphatic rings. The van der Waals surface area contributed by atoms with Gasteiger partial charge in [-0.2, -0.15) is 0 Å². The molecule has 0 spiro atoms. The monoisotopic (exact) mass is 845 g/mol. The minimum absolute atomic E-state index is 0.0112. The lowest BCUT2D eigenvalue weighted by Crippen LogP contribution is -2.29. The van der Waals surface area contributed by atoms with Crippen molar-refractivity contribution in [2.75, 3.05) is 26.4 Å². The van der Waals surface area contributed by atoms with Gasteiger partial charge in [-0.15, -0.1) is 0 Å². The molecule has 14 heteroatoms. The maximum Gasteiger partial charge on any atom is 0.472 e.